The summed E-state index contributed by atoms with van der Waals surface area (Å²) in [6.07, 6.45) is 5.12. The second-order valence-electron chi connectivity index (χ2n) is 4.97. The zero-order valence-corrected chi connectivity index (χ0v) is 11.6. The first-order valence-corrected chi connectivity index (χ1v) is 6.82. The van der Waals surface area contributed by atoms with E-state index in [1.807, 2.05) is 29.1 Å². The van der Waals surface area contributed by atoms with Gasteiger partial charge in [0.25, 0.3) is 0 Å². The highest BCUT2D eigenvalue weighted by atomic mass is 15.3. The summed E-state index contributed by atoms with van der Waals surface area (Å²) in [6, 6.07) is 10.2. The predicted molar refractivity (Wildman–Crippen MR) is 82.9 cm³/mol. The minimum atomic E-state index is 0.407. The number of anilines is 1. The second-order valence-corrected chi connectivity index (χ2v) is 4.97. The number of aromatic amines is 1. The summed E-state index contributed by atoms with van der Waals surface area (Å²) in [7, 11) is 0. The van der Waals surface area contributed by atoms with Gasteiger partial charge >= 0.3 is 0 Å². The van der Waals surface area contributed by atoms with E-state index in [0.717, 1.165) is 10.9 Å². The third-order valence-corrected chi connectivity index (χ3v) is 3.48. The van der Waals surface area contributed by atoms with Crippen molar-refractivity contribution in [3.63, 3.8) is 0 Å². The van der Waals surface area contributed by atoms with Gasteiger partial charge in [0.1, 0.15) is 17.8 Å². The van der Waals surface area contributed by atoms with E-state index in [1.165, 1.54) is 11.9 Å². The first-order valence-electron chi connectivity index (χ1n) is 6.82. The van der Waals surface area contributed by atoms with E-state index in [2.05, 4.69) is 37.4 Å². The maximum Gasteiger partial charge on any atom is 0.161 e. The molecule has 0 bridgehead atoms. The first-order chi connectivity index (χ1) is 10.8. The van der Waals surface area contributed by atoms with Crippen LogP contribution in [0, 0.1) is 0 Å². The topological polar surface area (TPSA) is 98.3 Å². The van der Waals surface area contributed by atoms with Gasteiger partial charge in [-0.1, -0.05) is 30.3 Å². The van der Waals surface area contributed by atoms with Crippen LogP contribution in [0.3, 0.4) is 0 Å². The van der Waals surface area contributed by atoms with E-state index in [9.17, 15) is 0 Å². The molecule has 3 aromatic heterocycles. The number of H-pyrrole nitrogens is 1. The minimum Gasteiger partial charge on any atom is -0.383 e. The summed E-state index contributed by atoms with van der Waals surface area (Å²) >= 11 is 0. The molecule has 0 aliphatic carbocycles. The van der Waals surface area contributed by atoms with Crippen molar-refractivity contribution in [3.05, 3.63) is 54.6 Å². The van der Waals surface area contributed by atoms with Gasteiger partial charge in [-0.25, -0.2) is 9.97 Å². The zero-order valence-electron chi connectivity index (χ0n) is 11.6. The van der Waals surface area contributed by atoms with Gasteiger partial charge in [0.05, 0.1) is 18.1 Å². The fourth-order valence-corrected chi connectivity index (χ4v) is 2.43. The lowest BCUT2D eigenvalue weighted by molar-refractivity contribution is 0.687. The van der Waals surface area contributed by atoms with Crippen LogP contribution in [-0.4, -0.2) is 29.9 Å². The maximum absolute atomic E-state index is 5.93. The molecule has 0 saturated carbocycles. The van der Waals surface area contributed by atoms with E-state index in [1.54, 1.807) is 6.20 Å². The molecule has 0 aliphatic rings. The number of rotatable bonds is 3. The van der Waals surface area contributed by atoms with Crippen molar-refractivity contribution in [3.8, 4) is 11.3 Å². The number of nitrogen functional groups attached to an aromatic ring is 1. The van der Waals surface area contributed by atoms with Crippen LogP contribution in [-0.2, 0) is 6.54 Å². The Bertz CT molecular complexity index is 923. The molecule has 0 radical (unpaired) electrons. The molecule has 0 spiro atoms. The quantitative estimate of drug-likeness (QED) is 0.600. The Morgan fingerprint density at radius 2 is 2.00 bits per heavy atom. The molecule has 3 heterocycles. The van der Waals surface area contributed by atoms with E-state index in [4.69, 9.17) is 5.73 Å². The lowest BCUT2D eigenvalue weighted by Gasteiger charge is -2.00. The molecule has 0 atom stereocenters. The lowest BCUT2D eigenvalue weighted by atomic mass is 10.2. The van der Waals surface area contributed by atoms with Crippen molar-refractivity contribution in [2.45, 2.75) is 6.54 Å². The molecule has 108 valence electrons. The Balaban J connectivity index is 1.71. The van der Waals surface area contributed by atoms with Crippen LogP contribution < -0.4 is 5.73 Å². The lowest BCUT2D eigenvalue weighted by Crippen LogP contribution is -1.99. The number of nitrogens with one attached hydrogen (secondary N) is 1. The summed E-state index contributed by atoms with van der Waals surface area (Å²) in [5.74, 6) is 0.407. The van der Waals surface area contributed by atoms with E-state index < -0.39 is 0 Å². The van der Waals surface area contributed by atoms with Crippen LogP contribution in [0.1, 0.15) is 5.56 Å². The highest BCUT2D eigenvalue weighted by molar-refractivity contribution is 5.97. The predicted octanol–water partition coefficient (Wildman–Crippen LogP) is 1.85. The molecular formula is C15H13N7. The van der Waals surface area contributed by atoms with Crippen LogP contribution in [0.25, 0.3) is 22.3 Å². The fourth-order valence-electron chi connectivity index (χ4n) is 2.43. The Labute approximate surface area is 125 Å². The Morgan fingerprint density at radius 1 is 1.14 bits per heavy atom. The highest BCUT2D eigenvalue weighted by Crippen LogP contribution is 2.27. The molecule has 0 saturated heterocycles. The van der Waals surface area contributed by atoms with Crippen LogP contribution >= 0.6 is 0 Å². The first kappa shape index (κ1) is 12.5. The fraction of sp³-hybridized carbons (Fsp3) is 0.0667. The van der Waals surface area contributed by atoms with Crippen LogP contribution in [0.5, 0.6) is 0 Å². The molecule has 22 heavy (non-hydrogen) atoms. The van der Waals surface area contributed by atoms with Gasteiger partial charge in [0, 0.05) is 11.8 Å². The zero-order chi connectivity index (χ0) is 14.9. The number of nitrogens with zero attached hydrogens (tertiary/aromatic N) is 5. The largest absolute Gasteiger partial charge is 0.383 e. The molecule has 0 unspecified atom stereocenters. The van der Waals surface area contributed by atoms with Gasteiger partial charge in [-0.15, -0.1) is 0 Å². The van der Waals surface area contributed by atoms with Gasteiger partial charge in [0.2, 0.25) is 0 Å². The second kappa shape index (κ2) is 4.96. The summed E-state index contributed by atoms with van der Waals surface area (Å²) in [5.41, 5.74) is 9.33. The number of benzene rings is 1. The number of aromatic nitrogens is 6. The van der Waals surface area contributed by atoms with Gasteiger partial charge in [0.15, 0.2) is 5.65 Å². The maximum atomic E-state index is 5.93. The van der Waals surface area contributed by atoms with Crippen molar-refractivity contribution in [2.75, 3.05) is 5.73 Å². The van der Waals surface area contributed by atoms with Gasteiger partial charge in [-0.3, -0.25) is 9.78 Å². The number of nitrogens with two attached hydrogens (primary N) is 1. The molecular weight excluding hydrogens is 278 g/mol. The Kier molecular flexibility index (Phi) is 2.82. The third kappa shape index (κ3) is 2.08. The molecule has 7 nitrogen and oxygen atoms in total. The third-order valence-electron chi connectivity index (χ3n) is 3.48. The Morgan fingerprint density at radius 3 is 2.86 bits per heavy atom. The number of hydrogen-bond acceptors (Lipinski definition) is 5. The monoisotopic (exact) mass is 291 g/mol. The molecule has 3 N–H and O–H groups in total. The van der Waals surface area contributed by atoms with Crippen molar-refractivity contribution in [2.24, 2.45) is 0 Å². The number of fused-ring (bicyclic) bond motifs is 1. The molecule has 0 aliphatic heterocycles. The van der Waals surface area contributed by atoms with Crippen LogP contribution in [0.2, 0.25) is 0 Å². The molecule has 1 aromatic carbocycles. The number of hydrogen-bond donors (Lipinski definition) is 2. The van der Waals surface area contributed by atoms with E-state index >= 15 is 0 Å². The van der Waals surface area contributed by atoms with E-state index in [0.29, 0.717) is 23.7 Å². The van der Waals surface area contributed by atoms with Crippen LogP contribution in [0.15, 0.2) is 49.1 Å². The minimum absolute atomic E-state index is 0.407. The summed E-state index contributed by atoms with van der Waals surface area (Å²) < 4.78 is 1.87. The average molecular weight is 291 g/mol. The molecule has 4 aromatic rings. The smallest absolute Gasteiger partial charge is 0.161 e. The van der Waals surface area contributed by atoms with Gasteiger partial charge in [-0.05, 0) is 5.56 Å². The highest BCUT2D eigenvalue weighted by Gasteiger charge is 2.14. The van der Waals surface area contributed by atoms with E-state index in [-0.39, 0.29) is 0 Å². The van der Waals surface area contributed by atoms with Gasteiger partial charge in [-0.2, -0.15) is 10.2 Å². The summed E-state index contributed by atoms with van der Waals surface area (Å²) in [4.78, 5) is 8.15. The van der Waals surface area contributed by atoms with Crippen molar-refractivity contribution in [1.29, 1.82) is 0 Å². The molecule has 0 fully saturated rings. The molecule has 7 heteroatoms. The van der Waals surface area contributed by atoms with Crippen molar-refractivity contribution < 1.29 is 0 Å². The molecule has 0 amide bonds. The van der Waals surface area contributed by atoms with Crippen LogP contribution in [0.4, 0.5) is 5.82 Å². The van der Waals surface area contributed by atoms with Crippen molar-refractivity contribution in [1.82, 2.24) is 29.9 Å². The van der Waals surface area contributed by atoms with Crippen molar-refractivity contribution >= 4 is 16.9 Å². The normalized spacial score (nSPS) is 11.1. The summed E-state index contributed by atoms with van der Waals surface area (Å²) in [5, 5.41) is 12.3. The molecule has 4 rings (SSSR count). The average Bonchev–Trinajstić information content (AvgIpc) is 3.15. The Hall–Kier alpha value is -3.22. The standard InChI is InChI=1S/C15H13N7/c16-14-12-13(20-21-15(12)18-9-17-14)11-6-19-22(8-11)7-10-4-2-1-3-5-10/h1-6,8-9H,7H2,(H3,16,17,18,20,21). The van der Waals surface area contributed by atoms with Gasteiger partial charge < -0.3 is 5.73 Å². The summed E-state index contributed by atoms with van der Waals surface area (Å²) in [6.45, 7) is 0.704. The SMILES string of the molecule is Nc1ncnc2[nH]nc(-c3cnn(Cc4ccccc4)c3)c12.